The summed E-state index contributed by atoms with van der Waals surface area (Å²) < 4.78 is 4.82. The molecule has 7 heteroatoms. The van der Waals surface area contributed by atoms with Gasteiger partial charge in [0, 0.05) is 32.7 Å². The Labute approximate surface area is 181 Å². The van der Waals surface area contributed by atoms with Crippen molar-refractivity contribution in [2.24, 2.45) is 0 Å². The van der Waals surface area contributed by atoms with Crippen molar-refractivity contribution >= 4 is 11.8 Å². The average Bonchev–Trinajstić information content (AvgIpc) is 3.30. The van der Waals surface area contributed by atoms with E-state index in [4.69, 9.17) is 4.52 Å². The zero-order valence-electron chi connectivity index (χ0n) is 17.5. The molecular formula is C24H26N4O3. The van der Waals surface area contributed by atoms with Gasteiger partial charge in [0.05, 0.1) is 19.0 Å². The number of piperazine rings is 1. The number of hydrogen-bond donors (Lipinski definition) is 1. The third-order valence-corrected chi connectivity index (χ3v) is 5.57. The molecule has 1 fully saturated rings. The minimum atomic E-state index is -0.491. The fraction of sp³-hybridized carbons (Fsp3) is 0.292. The number of carbonyl (C=O) groups excluding carboxylic acids is 2. The molecule has 0 aliphatic carbocycles. The maximum Gasteiger partial charge on any atom is 0.237 e. The molecule has 0 saturated carbocycles. The summed E-state index contributed by atoms with van der Waals surface area (Å²) in [6, 6.07) is 19.8. The number of amides is 2. The van der Waals surface area contributed by atoms with Gasteiger partial charge in [0.15, 0.2) is 0 Å². The molecule has 2 aromatic carbocycles. The van der Waals surface area contributed by atoms with E-state index in [1.165, 1.54) is 11.8 Å². The van der Waals surface area contributed by atoms with E-state index in [0.29, 0.717) is 31.9 Å². The van der Waals surface area contributed by atoms with Crippen molar-refractivity contribution in [1.82, 2.24) is 20.3 Å². The van der Waals surface area contributed by atoms with Gasteiger partial charge in [0.25, 0.3) is 0 Å². The van der Waals surface area contributed by atoms with Gasteiger partial charge in [-0.2, -0.15) is 0 Å². The second-order valence-corrected chi connectivity index (χ2v) is 7.78. The van der Waals surface area contributed by atoms with Gasteiger partial charge in [-0.15, -0.1) is 0 Å². The van der Waals surface area contributed by atoms with E-state index in [9.17, 15) is 9.59 Å². The van der Waals surface area contributed by atoms with E-state index in [1.807, 2.05) is 18.2 Å². The summed E-state index contributed by atoms with van der Waals surface area (Å²) in [7, 11) is 1.71. The summed E-state index contributed by atoms with van der Waals surface area (Å²) in [5.74, 6) is -0.204. The molecular weight excluding hydrogens is 392 g/mol. The average molecular weight is 418 g/mol. The quantitative estimate of drug-likeness (QED) is 0.638. The third kappa shape index (κ3) is 5.19. The van der Waals surface area contributed by atoms with Crippen LogP contribution in [0.15, 0.2) is 71.4 Å². The van der Waals surface area contributed by atoms with Crippen molar-refractivity contribution in [2.75, 3.05) is 20.1 Å². The van der Waals surface area contributed by atoms with Gasteiger partial charge in [-0.05, 0) is 16.7 Å². The standard InChI is InChI=1S/C24H26N4O3/c1-27(17-21-11-14-31-26-21)23(29)15-22-24(30)25-12-13-28(22)16-18-7-9-20(10-8-18)19-5-3-2-4-6-19/h2-11,14,22H,12-13,15-17H2,1H3,(H,25,30)/t22-/m0/s1. The minimum absolute atomic E-state index is 0.102. The summed E-state index contributed by atoms with van der Waals surface area (Å²) in [5, 5.41) is 6.73. The van der Waals surface area contributed by atoms with E-state index in [-0.39, 0.29) is 18.2 Å². The van der Waals surface area contributed by atoms with E-state index in [1.54, 1.807) is 18.0 Å². The van der Waals surface area contributed by atoms with Crippen LogP contribution < -0.4 is 5.32 Å². The van der Waals surface area contributed by atoms with Crippen LogP contribution in [0.4, 0.5) is 0 Å². The van der Waals surface area contributed by atoms with Crippen molar-refractivity contribution < 1.29 is 14.1 Å². The van der Waals surface area contributed by atoms with Gasteiger partial charge in [-0.3, -0.25) is 14.5 Å². The molecule has 0 radical (unpaired) electrons. The summed E-state index contributed by atoms with van der Waals surface area (Å²) in [6.45, 7) is 2.26. The topological polar surface area (TPSA) is 78.7 Å². The van der Waals surface area contributed by atoms with E-state index in [2.05, 4.69) is 51.8 Å². The van der Waals surface area contributed by atoms with Gasteiger partial charge < -0.3 is 14.7 Å². The maximum absolute atomic E-state index is 12.7. The molecule has 1 aliphatic rings. The molecule has 1 atom stereocenters. The van der Waals surface area contributed by atoms with Gasteiger partial charge in [0.2, 0.25) is 11.8 Å². The van der Waals surface area contributed by atoms with Gasteiger partial charge in [0.1, 0.15) is 12.0 Å². The number of nitrogens with zero attached hydrogens (tertiary/aromatic N) is 3. The lowest BCUT2D eigenvalue weighted by Gasteiger charge is -2.35. The molecule has 0 bridgehead atoms. The number of aromatic nitrogens is 1. The first kappa shape index (κ1) is 20.8. The highest BCUT2D eigenvalue weighted by Crippen LogP contribution is 2.21. The van der Waals surface area contributed by atoms with Crippen LogP contribution in [-0.4, -0.2) is 52.9 Å². The molecule has 0 spiro atoms. The van der Waals surface area contributed by atoms with Crippen LogP contribution in [0.5, 0.6) is 0 Å². The van der Waals surface area contributed by atoms with Crippen molar-refractivity contribution in [2.45, 2.75) is 25.6 Å². The first-order valence-electron chi connectivity index (χ1n) is 10.4. The zero-order chi connectivity index (χ0) is 21.6. The minimum Gasteiger partial charge on any atom is -0.364 e. The Morgan fingerprint density at radius 2 is 1.87 bits per heavy atom. The first-order valence-corrected chi connectivity index (χ1v) is 10.4. The molecule has 1 N–H and O–H groups in total. The molecule has 3 aromatic rings. The normalized spacial score (nSPS) is 16.7. The Balaban J connectivity index is 1.41. The van der Waals surface area contributed by atoms with Crippen molar-refractivity contribution in [1.29, 1.82) is 0 Å². The van der Waals surface area contributed by atoms with Crippen molar-refractivity contribution in [3.05, 3.63) is 78.2 Å². The van der Waals surface area contributed by atoms with Crippen LogP contribution >= 0.6 is 0 Å². The predicted octanol–water partition coefficient (Wildman–Crippen LogP) is 2.69. The van der Waals surface area contributed by atoms with Gasteiger partial charge in [-0.25, -0.2) is 0 Å². The Bertz CT molecular complexity index is 1000. The molecule has 2 heterocycles. The number of nitrogens with one attached hydrogen (secondary N) is 1. The zero-order valence-corrected chi connectivity index (χ0v) is 17.5. The fourth-order valence-corrected chi connectivity index (χ4v) is 3.81. The summed E-state index contributed by atoms with van der Waals surface area (Å²) in [6.07, 6.45) is 1.61. The Kier molecular flexibility index (Phi) is 6.43. The molecule has 1 aliphatic heterocycles. The van der Waals surface area contributed by atoms with Crippen LogP contribution in [-0.2, 0) is 22.7 Å². The highest BCUT2D eigenvalue weighted by molar-refractivity contribution is 5.88. The SMILES string of the molecule is CN(Cc1ccon1)C(=O)C[C@H]1C(=O)NCCN1Cc1ccc(-c2ccccc2)cc1. The highest BCUT2D eigenvalue weighted by atomic mass is 16.5. The first-order chi connectivity index (χ1) is 15.1. The van der Waals surface area contributed by atoms with Crippen LogP contribution in [0.3, 0.4) is 0 Å². The third-order valence-electron chi connectivity index (χ3n) is 5.57. The monoisotopic (exact) mass is 418 g/mol. The Morgan fingerprint density at radius 3 is 2.58 bits per heavy atom. The number of hydrogen-bond acceptors (Lipinski definition) is 5. The molecule has 1 aromatic heterocycles. The summed E-state index contributed by atoms with van der Waals surface area (Å²) in [5.41, 5.74) is 4.12. The van der Waals surface area contributed by atoms with Crippen LogP contribution in [0.1, 0.15) is 17.7 Å². The van der Waals surface area contributed by atoms with Crippen LogP contribution in [0.2, 0.25) is 0 Å². The summed E-state index contributed by atoms with van der Waals surface area (Å²) >= 11 is 0. The molecule has 7 nitrogen and oxygen atoms in total. The van der Waals surface area contributed by atoms with E-state index < -0.39 is 6.04 Å². The lowest BCUT2D eigenvalue weighted by molar-refractivity contribution is -0.138. The number of rotatable bonds is 7. The largest absolute Gasteiger partial charge is 0.364 e. The number of benzene rings is 2. The van der Waals surface area contributed by atoms with E-state index >= 15 is 0 Å². The fourth-order valence-electron chi connectivity index (χ4n) is 3.81. The Hall–Kier alpha value is -3.45. The highest BCUT2D eigenvalue weighted by Gasteiger charge is 2.32. The molecule has 2 amide bonds. The lowest BCUT2D eigenvalue weighted by atomic mass is 10.0. The van der Waals surface area contributed by atoms with Gasteiger partial charge >= 0.3 is 0 Å². The maximum atomic E-state index is 12.7. The second-order valence-electron chi connectivity index (χ2n) is 7.78. The Morgan fingerprint density at radius 1 is 1.13 bits per heavy atom. The van der Waals surface area contributed by atoms with Crippen LogP contribution in [0, 0.1) is 0 Å². The van der Waals surface area contributed by atoms with Crippen molar-refractivity contribution in [3.63, 3.8) is 0 Å². The second kappa shape index (κ2) is 9.57. The van der Waals surface area contributed by atoms with Crippen molar-refractivity contribution in [3.8, 4) is 11.1 Å². The number of carbonyl (C=O) groups is 2. The molecule has 31 heavy (non-hydrogen) atoms. The molecule has 4 rings (SSSR count). The molecule has 0 unspecified atom stereocenters. The lowest BCUT2D eigenvalue weighted by Crippen LogP contribution is -2.56. The molecule has 1 saturated heterocycles. The molecule has 160 valence electrons. The van der Waals surface area contributed by atoms with Crippen LogP contribution in [0.25, 0.3) is 11.1 Å². The summed E-state index contributed by atoms with van der Waals surface area (Å²) in [4.78, 5) is 29.0. The van der Waals surface area contributed by atoms with E-state index in [0.717, 1.165) is 11.1 Å². The predicted molar refractivity (Wildman–Crippen MR) is 117 cm³/mol. The van der Waals surface area contributed by atoms with Gasteiger partial charge in [-0.1, -0.05) is 59.8 Å². The smallest absolute Gasteiger partial charge is 0.237 e.